The summed E-state index contributed by atoms with van der Waals surface area (Å²) in [5.41, 5.74) is 0.462. The molecule has 3 rings (SSSR count). The summed E-state index contributed by atoms with van der Waals surface area (Å²) in [7, 11) is 0. The number of hydrogen-bond acceptors (Lipinski definition) is 5. The van der Waals surface area contributed by atoms with Gasteiger partial charge in [-0.25, -0.2) is 9.18 Å². The van der Waals surface area contributed by atoms with E-state index in [1.807, 2.05) is 0 Å². The highest BCUT2D eigenvalue weighted by Crippen LogP contribution is 2.25. The van der Waals surface area contributed by atoms with Gasteiger partial charge in [0.05, 0.1) is 16.9 Å². The smallest absolute Gasteiger partial charge is 0.412 e. The van der Waals surface area contributed by atoms with Gasteiger partial charge in [0.15, 0.2) is 0 Å². The predicted octanol–water partition coefficient (Wildman–Crippen LogP) is 5.07. The van der Waals surface area contributed by atoms with Gasteiger partial charge in [0, 0.05) is 23.6 Å². The molecule has 3 amide bonds. The first-order chi connectivity index (χ1) is 15.6. The second-order valence-corrected chi connectivity index (χ2v) is 8.05. The molecule has 0 aliphatic rings. The third-order valence-electron chi connectivity index (χ3n) is 4.17. The molecular formula is C24H23FN4O4. The van der Waals surface area contributed by atoms with E-state index in [1.54, 1.807) is 51.2 Å². The summed E-state index contributed by atoms with van der Waals surface area (Å²) in [5.74, 6) is -1.54. The molecule has 0 fully saturated rings. The molecule has 0 aliphatic carbocycles. The maximum absolute atomic E-state index is 13.8. The number of halogens is 1. The van der Waals surface area contributed by atoms with E-state index in [0.29, 0.717) is 11.3 Å². The molecule has 1 heterocycles. The van der Waals surface area contributed by atoms with Crippen LogP contribution in [-0.4, -0.2) is 28.5 Å². The zero-order valence-electron chi connectivity index (χ0n) is 18.3. The van der Waals surface area contributed by atoms with Crippen molar-refractivity contribution >= 4 is 35.0 Å². The Kier molecular flexibility index (Phi) is 7.02. The molecular weight excluding hydrogens is 427 g/mol. The first-order valence-electron chi connectivity index (χ1n) is 10.0. The Hall–Kier alpha value is -4.27. The fourth-order valence-corrected chi connectivity index (χ4v) is 2.78. The highest BCUT2D eigenvalue weighted by atomic mass is 19.1. The van der Waals surface area contributed by atoms with Gasteiger partial charge in [-0.3, -0.25) is 19.9 Å². The Labute approximate surface area is 190 Å². The minimum atomic E-state index is -0.746. The molecule has 0 saturated carbocycles. The third-order valence-corrected chi connectivity index (χ3v) is 4.17. The van der Waals surface area contributed by atoms with Gasteiger partial charge in [0.1, 0.15) is 11.4 Å². The Morgan fingerprint density at radius 1 is 0.848 bits per heavy atom. The van der Waals surface area contributed by atoms with Crippen molar-refractivity contribution in [2.45, 2.75) is 26.4 Å². The number of anilines is 3. The predicted molar refractivity (Wildman–Crippen MR) is 123 cm³/mol. The van der Waals surface area contributed by atoms with Gasteiger partial charge in [0.25, 0.3) is 11.8 Å². The average Bonchev–Trinajstić information content (AvgIpc) is 2.75. The summed E-state index contributed by atoms with van der Waals surface area (Å²) in [5, 5.41) is 7.77. The van der Waals surface area contributed by atoms with E-state index in [1.165, 1.54) is 24.4 Å². The zero-order chi connectivity index (χ0) is 24.0. The van der Waals surface area contributed by atoms with Crippen LogP contribution in [0.25, 0.3) is 0 Å². The molecule has 0 spiro atoms. The van der Waals surface area contributed by atoms with Crippen molar-refractivity contribution in [2.24, 2.45) is 0 Å². The summed E-state index contributed by atoms with van der Waals surface area (Å²) < 4.78 is 19.0. The lowest BCUT2D eigenvalue weighted by Gasteiger charge is -2.20. The van der Waals surface area contributed by atoms with Gasteiger partial charge < -0.3 is 15.4 Å². The van der Waals surface area contributed by atoms with Gasteiger partial charge in [-0.2, -0.15) is 0 Å². The van der Waals surface area contributed by atoms with Crippen LogP contribution in [0.5, 0.6) is 0 Å². The normalized spacial score (nSPS) is 10.8. The number of amides is 3. The second-order valence-electron chi connectivity index (χ2n) is 8.05. The van der Waals surface area contributed by atoms with Crippen LogP contribution in [0.1, 0.15) is 41.5 Å². The lowest BCUT2D eigenvalue weighted by atomic mass is 10.1. The summed E-state index contributed by atoms with van der Waals surface area (Å²) in [4.78, 5) is 41.1. The Morgan fingerprint density at radius 2 is 1.58 bits per heavy atom. The number of aromatic nitrogens is 1. The van der Waals surface area contributed by atoms with Crippen molar-refractivity contribution in [3.05, 3.63) is 83.9 Å². The molecule has 2 aromatic carbocycles. The quantitative estimate of drug-likeness (QED) is 0.503. The molecule has 0 saturated heterocycles. The Bertz CT molecular complexity index is 1180. The summed E-state index contributed by atoms with van der Waals surface area (Å²) >= 11 is 0. The number of ether oxygens (including phenoxy) is 1. The number of carbonyl (C=O) groups excluding carboxylic acids is 3. The van der Waals surface area contributed by atoms with E-state index in [-0.39, 0.29) is 22.8 Å². The SMILES string of the molecule is CC(C)(C)OC(=O)Nc1ccc(F)cc1NC(=O)c1cccc(NC(=O)c2cccnc2)c1. The Balaban J connectivity index is 1.75. The number of rotatable bonds is 5. The number of carbonyl (C=O) groups is 3. The van der Waals surface area contributed by atoms with Crippen LogP contribution < -0.4 is 16.0 Å². The molecule has 0 unspecified atom stereocenters. The summed E-state index contributed by atoms with van der Waals surface area (Å²) in [6.45, 7) is 5.13. The van der Waals surface area contributed by atoms with Gasteiger partial charge in [-0.1, -0.05) is 6.07 Å². The minimum Gasteiger partial charge on any atom is -0.444 e. The molecule has 33 heavy (non-hydrogen) atoms. The fraction of sp³-hybridized carbons (Fsp3) is 0.167. The number of hydrogen-bond donors (Lipinski definition) is 3. The van der Waals surface area contributed by atoms with Crippen LogP contribution in [0.4, 0.5) is 26.2 Å². The second kappa shape index (κ2) is 9.90. The lowest BCUT2D eigenvalue weighted by Crippen LogP contribution is -2.27. The van der Waals surface area contributed by atoms with E-state index in [9.17, 15) is 18.8 Å². The van der Waals surface area contributed by atoms with Crippen LogP contribution in [0.3, 0.4) is 0 Å². The van der Waals surface area contributed by atoms with E-state index < -0.39 is 23.4 Å². The van der Waals surface area contributed by atoms with Crippen molar-refractivity contribution in [1.82, 2.24) is 4.98 Å². The van der Waals surface area contributed by atoms with E-state index in [2.05, 4.69) is 20.9 Å². The minimum absolute atomic E-state index is 0.0515. The lowest BCUT2D eigenvalue weighted by molar-refractivity contribution is 0.0635. The van der Waals surface area contributed by atoms with Crippen molar-refractivity contribution in [2.75, 3.05) is 16.0 Å². The maximum atomic E-state index is 13.8. The van der Waals surface area contributed by atoms with Crippen molar-refractivity contribution in [3.8, 4) is 0 Å². The van der Waals surface area contributed by atoms with Gasteiger partial charge in [-0.05, 0) is 69.3 Å². The molecule has 0 radical (unpaired) electrons. The Morgan fingerprint density at radius 3 is 2.27 bits per heavy atom. The number of nitrogens with zero attached hydrogens (tertiary/aromatic N) is 1. The van der Waals surface area contributed by atoms with Crippen molar-refractivity contribution in [1.29, 1.82) is 0 Å². The molecule has 3 aromatic rings. The van der Waals surface area contributed by atoms with Gasteiger partial charge >= 0.3 is 6.09 Å². The summed E-state index contributed by atoms with van der Waals surface area (Å²) in [6, 6.07) is 13.0. The van der Waals surface area contributed by atoms with Crippen molar-refractivity contribution < 1.29 is 23.5 Å². The first-order valence-corrected chi connectivity index (χ1v) is 10.0. The fourth-order valence-electron chi connectivity index (χ4n) is 2.78. The highest BCUT2D eigenvalue weighted by Gasteiger charge is 2.18. The molecule has 0 atom stereocenters. The standard InChI is InChI=1S/C24H23FN4O4/c1-24(2,3)33-23(32)29-19-10-9-17(25)13-20(19)28-21(30)15-6-4-8-18(12-15)27-22(31)16-7-5-11-26-14-16/h4-14H,1-3H3,(H,27,31)(H,28,30)(H,29,32). The van der Waals surface area contributed by atoms with Crippen LogP contribution in [0.15, 0.2) is 67.0 Å². The number of pyridine rings is 1. The molecule has 0 aliphatic heterocycles. The average molecular weight is 450 g/mol. The van der Waals surface area contributed by atoms with Gasteiger partial charge in [0.2, 0.25) is 0 Å². The number of nitrogens with one attached hydrogen (secondary N) is 3. The van der Waals surface area contributed by atoms with Crippen LogP contribution in [0, 0.1) is 5.82 Å². The molecule has 9 heteroatoms. The van der Waals surface area contributed by atoms with Gasteiger partial charge in [-0.15, -0.1) is 0 Å². The monoisotopic (exact) mass is 450 g/mol. The van der Waals surface area contributed by atoms with Crippen LogP contribution in [-0.2, 0) is 4.74 Å². The molecule has 170 valence electrons. The van der Waals surface area contributed by atoms with E-state index >= 15 is 0 Å². The third kappa shape index (κ3) is 6.86. The highest BCUT2D eigenvalue weighted by molar-refractivity contribution is 6.08. The zero-order valence-corrected chi connectivity index (χ0v) is 18.3. The molecule has 1 aromatic heterocycles. The number of benzene rings is 2. The largest absolute Gasteiger partial charge is 0.444 e. The van der Waals surface area contributed by atoms with E-state index in [4.69, 9.17) is 4.74 Å². The topological polar surface area (TPSA) is 109 Å². The van der Waals surface area contributed by atoms with Crippen LogP contribution in [0.2, 0.25) is 0 Å². The molecule has 8 nitrogen and oxygen atoms in total. The van der Waals surface area contributed by atoms with Crippen molar-refractivity contribution in [3.63, 3.8) is 0 Å². The molecule has 3 N–H and O–H groups in total. The first kappa shape index (κ1) is 23.4. The summed E-state index contributed by atoms with van der Waals surface area (Å²) in [6.07, 6.45) is 2.24. The van der Waals surface area contributed by atoms with E-state index in [0.717, 1.165) is 12.1 Å². The maximum Gasteiger partial charge on any atom is 0.412 e. The molecule has 0 bridgehead atoms. The van der Waals surface area contributed by atoms with Crippen LogP contribution >= 0.6 is 0 Å².